The Labute approximate surface area is 63.8 Å². The molecule has 0 aromatic carbocycles. The Hall–Kier alpha value is -0.760. The zero-order valence-electron chi connectivity index (χ0n) is 5.79. The first kappa shape index (κ1) is 7.35. The summed E-state index contributed by atoms with van der Waals surface area (Å²) in [5.41, 5.74) is 1.16. The van der Waals surface area contributed by atoms with E-state index in [1.807, 2.05) is 0 Å². The van der Waals surface area contributed by atoms with Crippen molar-refractivity contribution < 1.29 is 0 Å². The SMILES string of the molecule is Cc1[c][nH]c(=O)c(C)c1Cl. The summed E-state index contributed by atoms with van der Waals surface area (Å²) in [6.45, 7) is 3.48. The summed E-state index contributed by atoms with van der Waals surface area (Å²) in [6, 6.07) is 0. The third kappa shape index (κ3) is 1.07. The molecule has 0 saturated heterocycles. The molecular formula is C7H7ClNO. The van der Waals surface area contributed by atoms with Gasteiger partial charge in [-0.3, -0.25) is 4.79 Å². The second-order valence-corrected chi connectivity index (χ2v) is 2.52. The van der Waals surface area contributed by atoms with E-state index in [1.54, 1.807) is 13.8 Å². The lowest BCUT2D eigenvalue weighted by atomic mass is 10.2. The van der Waals surface area contributed by atoms with Gasteiger partial charge >= 0.3 is 0 Å². The lowest BCUT2D eigenvalue weighted by Crippen LogP contribution is -2.09. The lowest BCUT2D eigenvalue weighted by Gasteiger charge is -1.97. The number of aromatic amines is 1. The van der Waals surface area contributed by atoms with Gasteiger partial charge in [0.05, 0.1) is 11.2 Å². The Balaban J connectivity index is 3.49. The first-order chi connectivity index (χ1) is 4.63. The molecule has 0 spiro atoms. The highest BCUT2D eigenvalue weighted by molar-refractivity contribution is 6.31. The molecule has 0 amide bonds. The maximum Gasteiger partial charge on any atom is 0.252 e. The Morgan fingerprint density at radius 2 is 2.10 bits per heavy atom. The fourth-order valence-electron chi connectivity index (χ4n) is 0.680. The van der Waals surface area contributed by atoms with Gasteiger partial charge in [0.25, 0.3) is 5.56 Å². The number of halogens is 1. The topological polar surface area (TPSA) is 32.9 Å². The number of aryl methyl sites for hydroxylation is 1. The molecule has 0 aliphatic heterocycles. The van der Waals surface area contributed by atoms with Crippen LogP contribution in [0, 0.1) is 20.0 Å². The van der Waals surface area contributed by atoms with Gasteiger partial charge in [-0.1, -0.05) is 11.6 Å². The summed E-state index contributed by atoms with van der Waals surface area (Å²) in [5.74, 6) is 0. The molecule has 0 fully saturated rings. The molecule has 0 aliphatic rings. The van der Waals surface area contributed by atoms with Crippen LogP contribution in [-0.2, 0) is 0 Å². The summed E-state index contributed by atoms with van der Waals surface area (Å²) in [5, 5.41) is 0.503. The number of hydrogen-bond donors (Lipinski definition) is 1. The van der Waals surface area contributed by atoms with Gasteiger partial charge in [0.15, 0.2) is 0 Å². The first-order valence-corrected chi connectivity index (χ1v) is 3.27. The number of H-pyrrole nitrogens is 1. The van der Waals surface area contributed by atoms with Crippen LogP contribution in [-0.4, -0.2) is 4.98 Å². The van der Waals surface area contributed by atoms with Gasteiger partial charge in [-0.25, -0.2) is 0 Å². The van der Waals surface area contributed by atoms with Crippen LogP contribution in [0.1, 0.15) is 11.1 Å². The Morgan fingerprint density at radius 1 is 1.50 bits per heavy atom. The van der Waals surface area contributed by atoms with E-state index in [4.69, 9.17) is 11.6 Å². The number of nitrogens with one attached hydrogen (secondary N) is 1. The molecule has 1 aromatic heterocycles. The third-order valence-electron chi connectivity index (χ3n) is 1.36. The second kappa shape index (κ2) is 2.46. The van der Waals surface area contributed by atoms with Crippen LogP contribution in [0.25, 0.3) is 0 Å². The van der Waals surface area contributed by atoms with Gasteiger partial charge in [-0.2, -0.15) is 0 Å². The molecule has 0 saturated carbocycles. The van der Waals surface area contributed by atoms with E-state index < -0.39 is 0 Å². The van der Waals surface area contributed by atoms with Crippen molar-refractivity contribution in [1.82, 2.24) is 4.98 Å². The highest BCUT2D eigenvalue weighted by Crippen LogP contribution is 2.13. The normalized spacial score (nSPS) is 9.90. The Kier molecular flexibility index (Phi) is 1.81. The highest BCUT2D eigenvalue weighted by Gasteiger charge is 2.01. The van der Waals surface area contributed by atoms with Gasteiger partial charge in [-0.05, 0) is 19.4 Å². The molecule has 1 heterocycles. The molecule has 1 aromatic rings. The minimum atomic E-state index is -0.171. The van der Waals surface area contributed by atoms with Crippen LogP contribution < -0.4 is 5.56 Å². The fraction of sp³-hybridized carbons (Fsp3) is 0.286. The molecule has 0 bridgehead atoms. The van der Waals surface area contributed by atoms with Gasteiger partial charge in [0.2, 0.25) is 0 Å². The van der Waals surface area contributed by atoms with Crippen molar-refractivity contribution >= 4 is 11.6 Å². The minimum absolute atomic E-state index is 0.171. The van der Waals surface area contributed by atoms with Crippen LogP contribution in [0.4, 0.5) is 0 Å². The smallest absolute Gasteiger partial charge is 0.252 e. The largest absolute Gasteiger partial charge is 0.320 e. The fourth-order valence-corrected chi connectivity index (χ4v) is 0.813. The number of pyridine rings is 1. The predicted molar refractivity (Wildman–Crippen MR) is 40.4 cm³/mol. The molecule has 0 atom stereocenters. The van der Waals surface area contributed by atoms with Crippen LogP contribution in [0.3, 0.4) is 0 Å². The van der Waals surface area contributed by atoms with Crippen LogP contribution >= 0.6 is 11.6 Å². The predicted octanol–water partition coefficient (Wildman–Crippen LogP) is 1.45. The van der Waals surface area contributed by atoms with Gasteiger partial charge in [-0.15, -0.1) is 0 Å². The average molecular weight is 157 g/mol. The van der Waals surface area contributed by atoms with Crippen molar-refractivity contribution in [2.24, 2.45) is 0 Å². The van der Waals surface area contributed by atoms with Crippen LogP contribution in [0.2, 0.25) is 5.02 Å². The number of rotatable bonds is 0. The van der Waals surface area contributed by atoms with Crippen molar-refractivity contribution in [2.75, 3.05) is 0 Å². The summed E-state index contributed by atoms with van der Waals surface area (Å²) in [6.07, 6.45) is 2.64. The standard InChI is InChI=1S/C7H7ClNO/c1-4-3-9-7(10)5(2)6(4)8/h1-2H3,(H,9,10). The molecule has 0 aliphatic carbocycles. The first-order valence-electron chi connectivity index (χ1n) is 2.89. The molecule has 0 unspecified atom stereocenters. The monoisotopic (exact) mass is 156 g/mol. The Morgan fingerprint density at radius 3 is 2.60 bits per heavy atom. The molecule has 1 radical (unpaired) electrons. The summed E-state index contributed by atoms with van der Waals surface area (Å²) in [7, 11) is 0. The maximum atomic E-state index is 10.8. The van der Waals surface area contributed by atoms with E-state index >= 15 is 0 Å². The van der Waals surface area contributed by atoms with Gasteiger partial charge < -0.3 is 4.98 Å². The van der Waals surface area contributed by atoms with Crippen molar-refractivity contribution in [3.8, 4) is 0 Å². The second-order valence-electron chi connectivity index (χ2n) is 2.14. The van der Waals surface area contributed by atoms with Crippen LogP contribution in [0.15, 0.2) is 4.79 Å². The number of aromatic nitrogens is 1. The van der Waals surface area contributed by atoms with Crippen LogP contribution in [0.5, 0.6) is 0 Å². The van der Waals surface area contributed by atoms with Crippen molar-refractivity contribution in [3.05, 3.63) is 32.7 Å². The quantitative estimate of drug-likeness (QED) is 0.606. The zero-order valence-corrected chi connectivity index (χ0v) is 6.54. The maximum absolute atomic E-state index is 10.8. The van der Waals surface area contributed by atoms with Crippen molar-refractivity contribution in [2.45, 2.75) is 13.8 Å². The molecule has 1 rings (SSSR count). The van der Waals surface area contributed by atoms with E-state index in [0.29, 0.717) is 10.6 Å². The Bertz CT molecular complexity index is 303. The molecular weight excluding hydrogens is 150 g/mol. The molecule has 10 heavy (non-hydrogen) atoms. The van der Waals surface area contributed by atoms with E-state index in [9.17, 15) is 4.79 Å². The van der Waals surface area contributed by atoms with E-state index in [2.05, 4.69) is 11.2 Å². The molecule has 53 valence electrons. The van der Waals surface area contributed by atoms with E-state index in [-0.39, 0.29) is 5.56 Å². The van der Waals surface area contributed by atoms with Gasteiger partial charge in [0, 0.05) is 5.56 Å². The van der Waals surface area contributed by atoms with Gasteiger partial charge in [0.1, 0.15) is 0 Å². The van der Waals surface area contributed by atoms with E-state index in [0.717, 1.165) is 5.56 Å². The highest BCUT2D eigenvalue weighted by atomic mass is 35.5. The molecule has 1 N–H and O–H groups in total. The molecule has 3 heteroatoms. The summed E-state index contributed by atoms with van der Waals surface area (Å²) < 4.78 is 0. The minimum Gasteiger partial charge on any atom is -0.320 e. The molecule has 2 nitrogen and oxygen atoms in total. The summed E-state index contributed by atoms with van der Waals surface area (Å²) >= 11 is 5.73. The van der Waals surface area contributed by atoms with E-state index in [1.165, 1.54) is 0 Å². The third-order valence-corrected chi connectivity index (χ3v) is 1.93. The average Bonchev–Trinajstić information content (AvgIpc) is 1.93. The lowest BCUT2D eigenvalue weighted by molar-refractivity contribution is 1.14. The summed E-state index contributed by atoms with van der Waals surface area (Å²) in [4.78, 5) is 13.3. The van der Waals surface area contributed by atoms with Crippen molar-refractivity contribution in [1.29, 1.82) is 0 Å². The van der Waals surface area contributed by atoms with Crippen molar-refractivity contribution in [3.63, 3.8) is 0 Å². The zero-order chi connectivity index (χ0) is 7.72. The number of hydrogen-bond acceptors (Lipinski definition) is 1.